The number of hydrogen-bond donors (Lipinski definition) is 2. The number of methoxy groups -OCH3 is 2. The lowest BCUT2D eigenvalue weighted by atomic mass is 10.1. The van der Waals surface area contributed by atoms with Crippen LogP contribution in [-0.2, 0) is 16.4 Å². The summed E-state index contributed by atoms with van der Waals surface area (Å²) in [6, 6.07) is 17.2. The zero-order chi connectivity index (χ0) is 26.7. The maximum atomic E-state index is 13.9. The highest BCUT2D eigenvalue weighted by atomic mass is 35.5. The van der Waals surface area contributed by atoms with Crippen LogP contribution in [0, 0.1) is 0 Å². The third kappa shape index (κ3) is 5.00. The van der Waals surface area contributed by atoms with E-state index in [0.717, 1.165) is 5.56 Å². The van der Waals surface area contributed by atoms with Crippen molar-refractivity contribution in [3.05, 3.63) is 101 Å². The summed E-state index contributed by atoms with van der Waals surface area (Å²) in [6.45, 7) is 0.394. The van der Waals surface area contributed by atoms with E-state index < -0.39 is 15.1 Å². The SMILES string of the molecule is COc1ccc(CNc2ccc(C(c3c[nH]c4ncc(Cl)cc34)S(=O)(=O)c3ccccc3)cn2)c(OC)n1. The molecule has 9 nitrogen and oxygen atoms in total. The standard InChI is InChI=1S/C27H24ClN5O4S/c1-36-24-11-9-18(27(33-24)37-2)14-30-23-10-8-17(13-29-23)25(38(34,35)20-6-4-3-5-7-20)22-16-32-26-21(22)12-19(28)15-31-26/h3-13,15-16,25H,14H2,1-2H3,(H,29,30)(H,31,32). The van der Waals surface area contributed by atoms with E-state index in [1.165, 1.54) is 13.3 Å². The predicted octanol–water partition coefficient (Wildman–Crippen LogP) is 5.20. The van der Waals surface area contributed by atoms with Gasteiger partial charge < -0.3 is 19.8 Å². The van der Waals surface area contributed by atoms with Gasteiger partial charge in [0, 0.05) is 47.7 Å². The van der Waals surface area contributed by atoms with Crippen molar-refractivity contribution in [2.45, 2.75) is 16.7 Å². The summed E-state index contributed by atoms with van der Waals surface area (Å²) in [6.07, 6.45) is 4.74. The first kappa shape index (κ1) is 25.5. The molecule has 1 atom stereocenters. The van der Waals surface area contributed by atoms with Gasteiger partial charge in [0.1, 0.15) is 16.7 Å². The molecule has 1 unspecified atom stereocenters. The number of aromatic nitrogens is 4. The number of rotatable bonds is 9. The predicted molar refractivity (Wildman–Crippen MR) is 145 cm³/mol. The Morgan fingerprint density at radius 2 is 1.82 bits per heavy atom. The van der Waals surface area contributed by atoms with Crippen molar-refractivity contribution >= 4 is 38.3 Å². The van der Waals surface area contributed by atoms with Crippen molar-refractivity contribution in [3.63, 3.8) is 0 Å². The molecule has 11 heteroatoms. The summed E-state index contributed by atoms with van der Waals surface area (Å²) in [5.41, 5.74) is 2.40. The second-order valence-corrected chi connectivity index (χ2v) is 10.9. The lowest BCUT2D eigenvalue weighted by Gasteiger charge is -2.18. The molecule has 194 valence electrons. The molecule has 0 aliphatic heterocycles. The summed E-state index contributed by atoms with van der Waals surface area (Å²) >= 11 is 6.21. The van der Waals surface area contributed by atoms with Crippen molar-refractivity contribution in [1.82, 2.24) is 19.9 Å². The normalized spacial score (nSPS) is 12.3. The highest BCUT2D eigenvalue weighted by molar-refractivity contribution is 7.92. The molecule has 2 N–H and O–H groups in total. The van der Waals surface area contributed by atoms with Gasteiger partial charge in [-0.15, -0.1) is 0 Å². The fourth-order valence-corrected chi connectivity index (χ4v) is 6.21. The van der Waals surface area contributed by atoms with Gasteiger partial charge in [0.15, 0.2) is 9.84 Å². The second kappa shape index (κ2) is 10.7. The molecule has 0 aliphatic carbocycles. The summed E-state index contributed by atoms with van der Waals surface area (Å²) in [4.78, 5) is 16.4. The molecule has 0 radical (unpaired) electrons. The van der Waals surface area contributed by atoms with E-state index in [-0.39, 0.29) is 4.90 Å². The number of hydrogen-bond acceptors (Lipinski definition) is 8. The Morgan fingerprint density at radius 1 is 1.00 bits per heavy atom. The highest BCUT2D eigenvalue weighted by Crippen LogP contribution is 2.38. The molecule has 5 aromatic rings. The Labute approximate surface area is 224 Å². The molecule has 4 aromatic heterocycles. The quantitative estimate of drug-likeness (QED) is 0.257. The lowest BCUT2D eigenvalue weighted by molar-refractivity contribution is 0.361. The van der Waals surface area contributed by atoms with Gasteiger partial charge in [-0.05, 0) is 35.9 Å². The van der Waals surface area contributed by atoms with Gasteiger partial charge in [-0.2, -0.15) is 4.98 Å². The molecule has 0 saturated carbocycles. The largest absolute Gasteiger partial charge is 0.481 e. The Morgan fingerprint density at radius 3 is 2.53 bits per heavy atom. The topological polar surface area (TPSA) is 119 Å². The minimum atomic E-state index is -3.85. The molecule has 0 bridgehead atoms. The molecule has 0 spiro atoms. The summed E-state index contributed by atoms with van der Waals surface area (Å²) < 4.78 is 38.4. The van der Waals surface area contributed by atoms with Gasteiger partial charge in [-0.25, -0.2) is 18.4 Å². The van der Waals surface area contributed by atoms with Crippen molar-refractivity contribution in [2.75, 3.05) is 19.5 Å². The molecule has 5 rings (SSSR count). The van der Waals surface area contributed by atoms with Crippen molar-refractivity contribution < 1.29 is 17.9 Å². The van der Waals surface area contributed by atoms with Crippen LogP contribution < -0.4 is 14.8 Å². The fraction of sp³-hybridized carbons (Fsp3) is 0.148. The first-order valence-corrected chi connectivity index (χ1v) is 13.5. The van der Waals surface area contributed by atoms with Gasteiger partial charge in [-0.3, -0.25) is 0 Å². The fourth-order valence-electron chi connectivity index (χ4n) is 4.22. The monoisotopic (exact) mass is 549 g/mol. The molecule has 0 amide bonds. The molecule has 38 heavy (non-hydrogen) atoms. The van der Waals surface area contributed by atoms with Gasteiger partial charge in [-0.1, -0.05) is 35.9 Å². The number of fused-ring (bicyclic) bond motifs is 1. The van der Waals surface area contributed by atoms with Crippen LogP contribution >= 0.6 is 11.6 Å². The third-order valence-electron chi connectivity index (χ3n) is 6.06. The number of nitrogens with one attached hydrogen (secondary N) is 2. The van der Waals surface area contributed by atoms with Crippen molar-refractivity contribution in [3.8, 4) is 11.8 Å². The Hall–Kier alpha value is -4.15. The molecule has 4 heterocycles. The maximum Gasteiger partial charge on any atom is 0.221 e. The minimum Gasteiger partial charge on any atom is -0.481 e. The lowest BCUT2D eigenvalue weighted by Crippen LogP contribution is -2.15. The van der Waals surface area contributed by atoms with E-state index in [9.17, 15) is 8.42 Å². The number of H-pyrrole nitrogens is 1. The van der Waals surface area contributed by atoms with Crippen LogP contribution in [0.3, 0.4) is 0 Å². The minimum absolute atomic E-state index is 0.204. The first-order valence-electron chi connectivity index (χ1n) is 11.6. The number of nitrogens with zero attached hydrogens (tertiary/aromatic N) is 3. The van der Waals surface area contributed by atoms with Crippen LogP contribution in [0.5, 0.6) is 11.8 Å². The number of benzene rings is 1. The molecule has 0 aliphatic rings. The zero-order valence-electron chi connectivity index (χ0n) is 20.6. The van der Waals surface area contributed by atoms with Gasteiger partial charge >= 0.3 is 0 Å². The Kier molecular flexibility index (Phi) is 7.17. The van der Waals surface area contributed by atoms with E-state index in [2.05, 4.69) is 25.3 Å². The highest BCUT2D eigenvalue weighted by Gasteiger charge is 2.33. The van der Waals surface area contributed by atoms with Crippen LogP contribution in [-0.4, -0.2) is 42.6 Å². The average Bonchev–Trinajstić information content (AvgIpc) is 3.35. The number of aromatic amines is 1. The van der Waals surface area contributed by atoms with Crippen molar-refractivity contribution in [2.24, 2.45) is 0 Å². The molecular weight excluding hydrogens is 526 g/mol. The average molecular weight is 550 g/mol. The van der Waals surface area contributed by atoms with Gasteiger partial charge in [0.25, 0.3) is 0 Å². The van der Waals surface area contributed by atoms with E-state index in [1.54, 1.807) is 74.1 Å². The molecule has 0 fully saturated rings. The van der Waals surface area contributed by atoms with Gasteiger partial charge in [0.05, 0.1) is 24.1 Å². The van der Waals surface area contributed by atoms with Crippen LogP contribution in [0.4, 0.5) is 5.82 Å². The van der Waals surface area contributed by atoms with Crippen LogP contribution in [0.15, 0.2) is 84.1 Å². The van der Waals surface area contributed by atoms with Gasteiger partial charge in [0.2, 0.25) is 11.8 Å². The number of anilines is 1. The molecule has 0 saturated heterocycles. The summed E-state index contributed by atoms with van der Waals surface area (Å²) in [5.74, 6) is 1.45. The maximum absolute atomic E-state index is 13.9. The Balaban J connectivity index is 1.50. The number of halogens is 1. The number of pyridine rings is 3. The summed E-state index contributed by atoms with van der Waals surface area (Å²) in [5, 5.41) is 3.23. The molecule has 1 aromatic carbocycles. The summed E-state index contributed by atoms with van der Waals surface area (Å²) in [7, 11) is -0.773. The van der Waals surface area contributed by atoms with E-state index in [0.29, 0.717) is 51.3 Å². The van der Waals surface area contributed by atoms with E-state index in [1.807, 2.05) is 6.07 Å². The van der Waals surface area contributed by atoms with Crippen molar-refractivity contribution in [1.29, 1.82) is 0 Å². The number of sulfone groups is 1. The van der Waals surface area contributed by atoms with Crippen LogP contribution in [0.25, 0.3) is 11.0 Å². The van der Waals surface area contributed by atoms with E-state index in [4.69, 9.17) is 21.1 Å². The third-order valence-corrected chi connectivity index (χ3v) is 8.34. The Bertz CT molecular complexity index is 1680. The first-order chi connectivity index (χ1) is 18.4. The molecular formula is C27H24ClN5O4S. The smallest absolute Gasteiger partial charge is 0.221 e. The second-order valence-electron chi connectivity index (χ2n) is 8.38. The van der Waals surface area contributed by atoms with Crippen LogP contribution in [0.2, 0.25) is 5.02 Å². The zero-order valence-corrected chi connectivity index (χ0v) is 22.1. The van der Waals surface area contributed by atoms with Crippen LogP contribution in [0.1, 0.15) is 21.9 Å². The number of ether oxygens (including phenoxy) is 2. The van der Waals surface area contributed by atoms with E-state index >= 15 is 0 Å².